The Kier molecular flexibility index (Phi) is 7.87. The molecular formula is C31H31ClN8O2. The number of hydrogen-bond acceptors (Lipinski definition) is 7. The highest BCUT2D eigenvalue weighted by Crippen LogP contribution is 2.29. The summed E-state index contributed by atoms with van der Waals surface area (Å²) in [5.74, 6) is 1.03. The van der Waals surface area contributed by atoms with Crippen molar-refractivity contribution in [1.82, 2.24) is 19.9 Å². The van der Waals surface area contributed by atoms with Crippen LogP contribution in [0.25, 0.3) is 0 Å². The average molecular weight is 583 g/mol. The number of halogens is 1. The third kappa shape index (κ3) is 6.44. The molecule has 2 aliphatic heterocycles. The molecule has 4 aromatic rings. The second-order valence-corrected chi connectivity index (χ2v) is 11.0. The molecule has 2 aromatic carbocycles. The van der Waals surface area contributed by atoms with Gasteiger partial charge < -0.3 is 26.2 Å². The highest BCUT2D eigenvalue weighted by Gasteiger charge is 2.28. The number of nitrogens with one attached hydrogen (secondary N) is 4. The number of amides is 3. The quantitative estimate of drug-likeness (QED) is 0.209. The smallest absolute Gasteiger partial charge is 0.321 e. The Balaban J connectivity index is 1.15. The van der Waals surface area contributed by atoms with E-state index >= 15 is 0 Å². The third-order valence-electron chi connectivity index (χ3n) is 7.60. The Morgan fingerprint density at radius 3 is 2.57 bits per heavy atom. The molecule has 6 bridgehead atoms. The molecule has 10 nitrogen and oxygen atoms in total. The summed E-state index contributed by atoms with van der Waals surface area (Å²) in [5.41, 5.74) is 6.31. The van der Waals surface area contributed by atoms with E-state index in [9.17, 15) is 9.59 Å². The number of urea groups is 1. The summed E-state index contributed by atoms with van der Waals surface area (Å²) in [7, 11) is 0. The number of nitrogens with zero attached hydrogens (tertiary/aromatic N) is 4. The Morgan fingerprint density at radius 1 is 0.929 bits per heavy atom. The van der Waals surface area contributed by atoms with Crippen LogP contribution < -0.4 is 21.3 Å². The number of carbonyl (C=O) groups is 2. The van der Waals surface area contributed by atoms with Crippen LogP contribution in [0.4, 0.5) is 39.3 Å². The molecular weight excluding hydrogens is 552 g/mol. The molecule has 2 aliphatic rings. The number of piperidine rings is 1. The van der Waals surface area contributed by atoms with Crippen LogP contribution >= 0.6 is 11.6 Å². The third-order valence-corrected chi connectivity index (χ3v) is 7.82. The topological polar surface area (TPSA) is 124 Å². The van der Waals surface area contributed by atoms with Crippen molar-refractivity contribution in [3.63, 3.8) is 0 Å². The van der Waals surface area contributed by atoms with Gasteiger partial charge in [0.1, 0.15) is 11.0 Å². The normalized spacial score (nSPS) is 14.8. The van der Waals surface area contributed by atoms with Gasteiger partial charge in [-0.3, -0.25) is 4.79 Å². The van der Waals surface area contributed by atoms with Crippen molar-refractivity contribution in [2.75, 3.05) is 34.4 Å². The average Bonchev–Trinajstić information content (AvgIpc) is 3.00. The lowest BCUT2D eigenvalue weighted by Gasteiger charge is -2.31. The van der Waals surface area contributed by atoms with Gasteiger partial charge in [0.2, 0.25) is 11.9 Å². The predicted molar refractivity (Wildman–Crippen MR) is 165 cm³/mol. The fraction of sp³-hybridized carbons (Fsp3) is 0.258. The summed E-state index contributed by atoms with van der Waals surface area (Å²) in [5, 5.41) is 13.1. The van der Waals surface area contributed by atoms with Gasteiger partial charge in [-0.15, -0.1) is 0 Å². The van der Waals surface area contributed by atoms with Gasteiger partial charge in [0, 0.05) is 47.8 Å². The molecule has 2 aromatic heterocycles. The first-order valence-corrected chi connectivity index (χ1v) is 14.4. The molecule has 0 radical (unpaired) electrons. The van der Waals surface area contributed by atoms with E-state index in [0.29, 0.717) is 48.5 Å². The lowest BCUT2D eigenvalue weighted by atomic mass is 9.95. The minimum atomic E-state index is -0.211. The van der Waals surface area contributed by atoms with Crippen LogP contribution in [0.3, 0.4) is 0 Å². The number of fused-ring (bicyclic) bond motifs is 6. The van der Waals surface area contributed by atoms with Crippen molar-refractivity contribution in [1.29, 1.82) is 0 Å². The number of likely N-dealkylation sites (tertiary alicyclic amines) is 1. The molecule has 0 saturated carbocycles. The summed E-state index contributed by atoms with van der Waals surface area (Å²) in [6.45, 7) is 2.95. The van der Waals surface area contributed by atoms with Gasteiger partial charge in [0.15, 0.2) is 0 Å². The molecule has 4 heterocycles. The van der Waals surface area contributed by atoms with Crippen LogP contribution in [0.1, 0.15) is 29.5 Å². The summed E-state index contributed by atoms with van der Waals surface area (Å²) in [4.78, 5) is 40.9. The van der Waals surface area contributed by atoms with Gasteiger partial charge in [-0.25, -0.2) is 14.8 Å². The number of benzene rings is 2. The molecule has 3 amide bonds. The second kappa shape index (κ2) is 12.0. The second-order valence-electron chi connectivity index (χ2n) is 10.6. The van der Waals surface area contributed by atoms with E-state index in [-0.39, 0.29) is 17.9 Å². The minimum Gasteiger partial charge on any atom is -0.340 e. The maximum atomic E-state index is 13.4. The summed E-state index contributed by atoms with van der Waals surface area (Å²) >= 11 is 5.83. The van der Waals surface area contributed by atoms with Crippen LogP contribution in [0.15, 0.2) is 67.0 Å². The van der Waals surface area contributed by atoms with Gasteiger partial charge >= 0.3 is 6.03 Å². The van der Waals surface area contributed by atoms with E-state index in [1.807, 2.05) is 31.2 Å². The number of pyridine rings is 1. The summed E-state index contributed by atoms with van der Waals surface area (Å²) in [6.07, 6.45) is 6.03. The lowest BCUT2D eigenvalue weighted by Crippen LogP contribution is -2.43. The van der Waals surface area contributed by atoms with Gasteiger partial charge in [0.05, 0.1) is 11.9 Å². The number of anilines is 6. The predicted octanol–water partition coefficient (Wildman–Crippen LogP) is 6.30. The van der Waals surface area contributed by atoms with Crippen LogP contribution in [0.5, 0.6) is 0 Å². The summed E-state index contributed by atoms with van der Waals surface area (Å²) < 4.78 is 0. The molecule has 0 atom stereocenters. The van der Waals surface area contributed by atoms with Crippen molar-refractivity contribution in [2.24, 2.45) is 5.92 Å². The van der Waals surface area contributed by atoms with Gasteiger partial charge in [-0.05, 0) is 86.2 Å². The van der Waals surface area contributed by atoms with Crippen molar-refractivity contribution in [3.8, 4) is 0 Å². The molecule has 1 saturated heterocycles. The van der Waals surface area contributed by atoms with Crippen LogP contribution in [0.2, 0.25) is 5.15 Å². The van der Waals surface area contributed by atoms with Crippen LogP contribution in [0, 0.1) is 12.8 Å². The van der Waals surface area contributed by atoms with Gasteiger partial charge in [-0.2, -0.15) is 4.98 Å². The van der Waals surface area contributed by atoms with Crippen molar-refractivity contribution < 1.29 is 9.59 Å². The SMILES string of the molecule is Cc1cnc2nc1Nc1ccc(NC(=O)C3CCN(C(=O)Nc4ccc(Cl)nc4)CC3)c(c1)CCc1cccc(c1)N2. The number of hydrogen-bond donors (Lipinski definition) is 4. The molecule has 11 heteroatoms. The van der Waals surface area contributed by atoms with Crippen LogP contribution in [-0.4, -0.2) is 44.9 Å². The number of carbonyl (C=O) groups excluding carboxylic acids is 2. The Hall–Kier alpha value is -4.70. The minimum absolute atomic E-state index is 0.0284. The highest BCUT2D eigenvalue weighted by atomic mass is 35.5. The molecule has 42 heavy (non-hydrogen) atoms. The molecule has 1 fully saturated rings. The molecule has 0 aliphatic carbocycles. The van der Waals surface area contributed by atoms with Gasteiger partial charge in [-0.1, -0.05) is 23.7 Å². The Morgan fingerprint density at radius 2 is 1.76 bits per heavy atom. The first-order valence-electron chi connectivity index (χ1n) is 14.0. The molecule has 0 spiro atoms. The first kappa shape index (κ1) is 27.5. The largest absolute Gasteiger partial charge is 0.340 e. The fourth-order valence-corrected chi connectivity index (χ4v) is 5.32. The van der Waals surface area contributed by atoms with Crippen molar-refractivity contribution in [3.05, 3.63) is 88.8 Å². The number of aromatic nitrogens is 3. The van der Waals surface area contributed by atoms with Gasteiger partial charge in [0.25, 0.3) is 0 Å². The monoisotopic (exact) mass is 582 g/mol. The Bertz CT molecular complexity index is 1620. The first-order chi connectivity index (χ1) is 20.4. The molecule has 4 N–H and O–H groups in total. The summed E-state index contributed by atoms with van der Waals surface area (Å²) in [6, 6.07) is 17.3. The zero-order chi connectivity index (χ0) is 29.1. The highest BCUT2D eigenvalue weighted by molar-refractivity contribution is 6.29. The van der Waals surface area contributed by atoms with E-state index in [1.54, 1.807) is 23.2 Å². The zero-order valence-electron chi connectivity index (χ0n) is 23.2. The van der Waals surface area contributed by atoms with E-state index in [2.05, 4.69) is 54.4 Å². The standard InChI is InChI=1S/C31H31ClN8O2/c1-19-17-34-30-36-23-4-2-3-20(15-23)5-6-22-16-24(35-28(19)39-30)7-9-26(22)38-29(41)21-11-13-40(14-12-21)31(42)37-25-8-10-27(32)33-18-25/h2-4,7-10,15-18,21H,5-6,11-14H2,1H3,(H,37,42)(H,38,41)(H2,34,35,36,39). The van der Waals surface area contributed by atoms with E-state index in [0.717, 1.165) is 41.0 Å². The maximum Gasteiger partial charge on any atom is 0.321 e. The molecule has 6 rings (SSSR count). The van der Waals surface area contributed by atoms with E-state index in [1.165, 1.54) is 11.8 Å². The molecule has 0 unspecified atom stereocenters. The van der Waals surface area contributed by atoms with Crippen LogP contribution in [-0.2, 0) is 17.6 Å². The fourth-order valence-electron chi connectivity index (χ4n) is 5.21. The lowest BCUT2D eigenvalue weighted by molar-refractivity contribution is -0.121. The van der Waals surface area contributed by atoms with E-state index < -0.39 is 0 Å². The maximum absolute atomic E-state index is 13.4. The Labute approximate surface area is 248 Å². The number of aryl methyl sites for hydroxylation is 3. The van der Waals surface area contributed by atoms with E-state index in [4.69, 9.17) is 11.6 Å². The zero-order valence-corrected chi connectivity index (χ0v) is 23.9. The molecule has 214 valence electrons. The van der Waals surface area contributed by atoms with Crippen molar-refractivity contribution >= 4 is 58.1 Å². The number of rotatable bonds is 3. The van der Waals surface area contributed by atoms with Crippen molar-refractivity contribution in [2.45, 2.75) is 32.6 Å².